The van der Waals surface area contributed by atoms with Crippen LogP contribution in [0, 0.1) is 11.7 Å². The molecule has 0 spiro atoms. The molecule has 0 saturated carbocycles. The number of carbonyl (C=O) groups is 2. The topological polar surface area (TPSA) is 49.4 Å². The minimum Gasteiger partial charge on any atom is -0.338 e. The normalized spacial score (nSPS) is 17.3. The van der Waals surface area contributed by atoms with Gasteiger partial charge in [0.1, 0.15) is 5.82 Å². The first kappa shape index (κ1) is 17.6. The van der Waals surface area contributed by atoms with E-state index in [4.69, 9.17) is 0 Å². The van der Waals surface area contributed by atoms with Gasteiger partial charge in [0.2, 0.25) is 5.91 Å². The summed E-state index contributed by atoms with van der Waals surface area (Å²) in [6.07, 6.45) is 3.00. The molecule has 1 aromatic heterocycles. The van der Waals surface area contributed by atoms with Crippen molar-refractivity contribution in [3.8, 4) is 0 Å². The zero-order valence-electron chi connectivity index (χ0n) is 13.9. The van der Waals surface area contributed by atoms with Crippen LogP contribution in [-0.4, -0.2) is 29.8 Å². The van der Waals surface area contributed by atoms with E-state index in [1.807, 2.05) is 21.7 Å². The first-order valence-electron chi connectivity index (χ1n) is 8.49. The van der Waals surface area contributed by atoms with Gasteiger partial charge in [-0.15, -0.1) is 0 Å². The second-order valence-electron chi connectivity index (χ2n) is 6.34. The van der Waals surface area contributed by atoms with Crippen molar-refractivity contribution in [2.45, 2.75) is 25.7 Å². The molecule has 1 aliphatic rings. The summed E-state index contributed by atoms with van der Waals surface area (Å²) in [7, 11) is 0. The molecule has 3 rings (SSSR count). The Morgan fingerprint density at radius 1 is 1.28 bits per heavy atom. The minimum atomic E-state index is -0.430. The van der Waals surface area contributed by atoms with Gasteiger partial charge < -0.3 is 10.2 Å². The van der Waals surface area contributed by atoms with E-state index in [2.05, 4.69) is 5.32 Å². The predicted molar refractivity (Wildman–Crippen MR) is 97.2 cm³/mol. The van der Waals surface area contributed by atoms with Gasteiger partial charge in [-0.2, -0.15) is 11.3 Å². The molecule has 4 nitrogen and oxygen atoms in total. The number of anilines is 1. The van der Waals surface area contributed by atoms with Crippen molar-refractivity contribution in [3.63, 3.8) is 0 Å². The lowest BCUT2D eigenvalue weighted by Crippen LogP contribution is -2.40. The van der Waals surface area contributed by atoms with Gasteiger partial charge in [0, 0.05) is 24.9 Å². The van der Waals surface area contributed by atoms with Crippen molar-refractivity contribution < 1.29 is 14.0 Å². The molecule has 132 valence electrons. The van der Waals surface area contributed by atoms with E-state index in [-0.39, 0.29) is 17.5 Å². The van der Waals surface area contributed by atoms with Crippen molar-refractivity contribution >= 4 is 28.8 Å². The first-order valence-corrected chi connectivity index (χ1v) is 9.43. The van der Waals surface area contributed by atoms with Gasteiger partial charge in [-0.3, -0.25) is 9.59 Å². The van der Waals surface area contributed by atoms with Gasteiger partial charge in [0.15, 0.2) is 0 Å². The van der Waals surface area contributed by atoms with Crippen molar-refractivity contribution in [2.75, 3.05) is 18.4 Å². The molecule has 0 aliphatic carbocycles. The number of nitrogens with zero attached hydrogens (tertiary/aromatic N) is 1. The number of hydrogen-bond donors (Lipinski definition) is 1. The lowest BCUT2D eigenvalue weighted by atomic mass is 9.93. The molecule has 2 aromatic rings. The van der Waals surface area contributed by atoms with Gasteiger partial charge in [-0.25, -0.2) is 4.39 Å². The van der Waals surface area contributed by atoms with Crippen molar-refractivity contribution in [2.24, 2.45) is 5.92 Å². The molecule has 1 saturated heterocycles. The van der Waals surface area contributed by atoms with Crippen LogP contribution < -0.4 is 5.32 Å². The number of benzene rings is 1. The lowest BCUT2D eigenvalue weighted by Gasteiger charge is -2.32. The van der Waals surface area contributed by atoms with Crippen LogP contribution in [0.15, 0.2) is 41.1 Å². The Balaban J connectivity index is 1.49. The SMILES string of the molecule is O=C(CC[C@@H]1CCCN(C(=O)c2ccsc2)C1)Nc1ccccc1F. The fraction of sp³-hybridized carbons (Fsp3) is 0.368. The molecule has 1 aliphatic heterocycles. The van der Waals surface area contributed by atoms with Crippen LogP contribution in [0.3, 0.4) is 0 Å². The fourth-order valence-corrected chi connectivity index (χ4v) is 3.79. The molecule has 0 bridgehead atoms. The standard InChI is InChI=1S/C19H21FN2O2S/c20-16-5-1-2-6-17(16)21-18(23)8-7-14-4-3-10-22(12-14)19(24)15-9-11-25-13-15/h1-2,5-6,9,11,13-14H,3-4,7-8,10,12H2,(H,21,23)/t14-/m0/s1. The summed E-state index contributed by atoms with van der Waals surface area (Å²) in [5, 5.41) is 6.39. The molecular weight excluding hydrogens is 339 g/mol. The van der Waals surface area contributed by atoms with E-state index in [0.29, 0.717) is 25.3 Å². The average molecular weight is 360 g/mol. The molecule has 2 heterocycles. The van der Waals surface area contributed by atoms with Crippen molar-refractivity contribution in [1.29, 1.82) is 0 Å². The quantitative estimate of drug-likeness (QED) is 0.870. The highest BCUT2D eigenvalue weighted by Gasteiger charge is 2.25. The summed E-state index contributed by atoms with van der Waals surface area (Å²) in [6.45, 7) is 1.45. The number of nitrogens with one attached hydrogen (secondary N) is 1. The summed E-state index contributed by atoms with van der Waals surface area (Å²) < 4.78 is 13.6. The average Bonchev–Trinajstić information content (AvgIpc) is 3.16. The van der Waals surface area contributed by atoms with E-state index in [0.717, 1.165) is 24.9 Å². The van der Waals surface area contributed by atoms with Gasteiger partial charge in [-0.05, 0) is 48.8 Å². The van der Waals surface area contributed by atoms with Crippen molar-refractivity contribution in [3.05, 3.63) is 52.5 Å². The zero-order chi connectivity index (χ0) is 17.6. The van der Waals surface area contributed by atoms with Gasteiger partial charge >= 0.3 is 0 Å². The molecule has 0 unspecified atom stereocenters. The van der Waals surface area contributed by atoms with E-state index < -0.39 is 5.82 Å². The number of halogens is 1. The Labute approximate surface area is 150 Å². The number of amides is 2. The maximum atomic E-state index is 13.6. The van der Waals surface area contributed by atoms with Crippen LogP contribution in [0.4, 0.5) is 10.1 Å². The maximum absolute atomic E-state index is 13.6. The molecular formula is C19H21FN2O2S. The largest absolute Gasteiger partial charge is 0.338 e. The van der Waals surface area contributed by atoms with Gasteiger partial charge in [-0.1, -0.05) is 12.1 Å². The summed E-state index contributed by atoms with van der Waals surface area (Å²) >= 11 is 1.52. The van der Waals surface area contributed by atoms with Crippen LogP contribution >= 0.6 is 11.3 Å². The molecule has 25 heavy (non-hydrogen) atoms. The Morgan fingerprint density at radius 3 is 2.88 bits per heavy atom. The fourth-order valence-electron chi connectivity index (χ4n) is 3.16. The second-order valence-corrected chi connectivity index (χ2v) is 7.12. The smallest absolute Gasteiger partial charge is 0.254 e. The van der Waals surface area contributed by atoms with Crippen LogP contribution in [0.25, 0.3) is 0 Å². The number of hydrogen-bond acceptors (Lipinski definition) is 3. The molecule has 1 fully saturated rings. The van der Waals surface area contributed by atoms with E-state index in [9.17, 15) is 14.0 Å². The highest BCUT2D eigenvalue weighted by molar-refractivity contribution is 7.08. The number of para-hydroxylation sites is 1. The Morgan fingerprint density at radius 2 is 2.12 bits per heavy atom. The predicted octanol–water partition coefficient (Wildman–Crippen LogP) is 4.16. The summed E-state index contributed by atoms with van der Waals surface area (Å²) in [5.74, 6) is -0.239. The number of likely N-dealkylation sites (tertiary alicyclic amines) is 1. The van der Waals surface area contributed by atoms with Gasteiger partial charge in [0.05, 0.1) is 11.3 Å². The van der Waals surface area contributed by atoms with Crippen LogP contribution in [-0.2, 0) is 4.79 Å². The molecule has 1 N–H and O–H groups in total. The number of thiophene rings is 1. The third-order valence-corrected chi connectivity index (χ3v) is 5.19. The molecule has 6 heteroatoms. The summed E-state index contributed by atoms with van der Waals surface area (Å²) in [5.41, 5.74) is 0.952. The monoisotopic (exact) mass is 360 g/mol. The molecule has 1 aromatic carbocycles. The highest BCUT2D eigenvalue weighted by Crippen LogP contribution is 2.23. The van der Waals surface area contributed by atoms with E-state index in [1.54, 1.807) is 18.2 Å². The van der Waals surface area contributed by atoms with Gasteiger partial charge in [0.25, 0.3) is 5.91 Å². The number of carbonyl (C=O) groups excluding carboxylic acids is 2. The highest BCUT2D eigenvalue weighted by atomic mass is 32.1. The first-order chi connectivity index (χ1) is 12.1. The molecule has 0 radical (unpaired) electrons. The maximum Gasteiger partial charge on any atom is 0.254 e. The van der Waals surface area contributed by atoms with Crippen molar-refractivity contribution in [1.82, 2.24) is 4.90 Å². The second kappa shape index (κ2) is 8.25. The summed E-state index contributed by atoms with van der Waals surface area (Å²) in [6, 6.07) is 8.00. The third-order valence-electron chi connectivity index (χ3n) is 4.50. The number of rotatable bonds is 5. The lowest BCUT2D eigenvalue weighted by molar-refractivity contribution is -0.116. The van der Waals surface area contributed by atoms with Crippen LogP contribution in [0.1, 0.15) is 36.0 Å². The number of piperidine rings is 1. The van der Waals surface area contributed by atoms with E-state index >= 15 is 0 Å². The van der Waals surface area contributed by atoms with Crippen LogP contribution in [0.5, 0.6) is 0 Å². The Bertz CT molecular complexity index is 733. The Hall–Kier alpha value is -2.21. The minimum absolute atomic E-state index is 0.0711. The third kappa shape index (κ3) is 4.66. The van der Waals surface area contributed by atoms with E-state index in [1.165, 1.54) is 17.4 Å². The zero-order valence-corrected chi connectivity index (χ0v) is 14.7. The Kier molecular flexibility index (Phi) is 5.81. The molecule has 1 atom stereocenters. The summed E-state index contributed by atoms with van der Waals surface area (Å²) in [4.78, 5) is 26.4. The molecule has 2 amide bonds. The van der Waals surface area contributed by atoms with Crippen LogP contribution in [0.2, 0.25) is 0 Å².